The first-order chi connectivity index (χ1) is 21.2. The maximum absolute atomic E-state index is 13.0. The third-order valence-electron chi connectivity index (χ3n) is 7.41. The number of imidazole rings is 1. The van der Waals surface area contributed by atoms with Crippen molar-refractivity contribution >= 4 is 69.4 Å². The Labute approximate surface area is 264 Å². The first-order valence-electron chi connectivity index (χ1n) is 13.9. The zero-order valence-corrected chi connectivity index (χ0v) is 26.0. The standard InChI is InChI=1S/C32H31Cl2N5O5/c1-37(29(42)18-35-27(40)16-11-20-9-12-21(13-10-20)39-17-5-8-28(39)41)24-15-14-23(33)22(30(24)34)19-44-26-7-4-6-25-31(26)36-32(43-3)38(25)2/h4,6-7,9-16H,5,8,17-19H2,1-3H3,(H,35,40). The molecular weight excluding hydrogens is 605 g/mol. The monoisotopic (exact) mass is 635 g/mol. The molecular formula is C32H31Cl2N5O5. The smallest absolute Gasteiger partial charge is 0.296 e. The van der Waals surface area contributed by atoms with Gasteiger partial charge in [-0.2, -0.15) is 4.98 Å². The average molecular weight is 637 g/mol. The molecule has 1 aliphatic rings. The number of amides is 3. The Balaban J connectivity index is 1.19. The summed E-state index contributed by atoms with van der Waals surface area (Å²) in [5.41, 5.74) is 4.00. The van der Waals surface area contributed by atoms with Crippen LogP contribution in [0.1, 0.15) is 24.0 Å². The first-order valence-corrected chi connectivity index (χ1v) is 14.7. The number of hydrogen-bond acceptors (Lipinski definition) is 6. The number of nitrogens with zero attached hydrogens (tertiary/aromatic N) is 4. The molecule has 12 heteroatoms. The minimum Gasteiger partial charge on any atom is -0.486 e. The lowest BCUT2D eigenvalue weighted by molar-refractivity contribution is -0.122. The van der Waals surface area contributed by atoms with E-state index in [0.29, 0.717) is 46.5 Å². The third kappa shape index (κ3) is 6.51. The van der Waals surface area contributed by atoms with Crippen LogP contribution in [-0.2, 0) is 28.0 Å². The molecule has 1 N–H and O–H groups in total. The lowest BCUT2D eigenvalue weighted by Crippen LogP contribution is -2.37. The van der Waals surface area contributed by atoms with Gasteiger partial charge in [-0.1, -0.05) is 41.4 Å². The van der Waals surface area contributed by atoms with E-state index in [4.69, 9.17) is 32.7 Å². The number of anilines is 2. The van der Waals surface area contributed by atoms with Gasteiger partial charge in [0.05, 0.1) is 29.9 Å². The molecule has 44 heavy (non-hydrogen) atoms. The molecule has 0 bridgehead atoms. The van der Waals surface area contributed by atoms with Gasteiger partial charge in [-0.05, 0) is 54.5 Å². The second-order valence-corrected chi connectivity index (χ2v) is 11.0. The number of likely N-dealkylation sites (N-methyl/N-ethyl adjacent to an activating group) is 1. The molecule has 0 radical (unpaired) electrons. The van der Waals surface area contributed by atoms with Crippen LogP contribution < -0.4 is 24.6 Å². The fourth-order valence-electron chi connectivity index (χ4n) is 4.93. The number of aromatic nitrogens is 2. The number of carbonyl (C=O) groups is 3. The Morgan fingerprint density at radius 1 is 1.11 bits per heavy atom. The molecule has 4 aromatic rings. The SMILES string of the molecule is COc1nc2c(OCc3c(Cl)ccc(N(C)C(=O)CNC(=O)C=Cc4ccc(N5CCCC5=O)cc4)c3Cl)cccc2n1C. The van der Waals surface area contributed by atoms with Crippen molar-refractivity contribution in [1.29, 1.82) is 0 Å². The molecule has 1 saturated heterocycles. The number of aryl methyl sites for hydroxylation is 1. The fraction of sp³-hybridized carbons (Fsp3) is 0.250. The molecule has 1 aliphatic heterocycles. The number of nitrogens with one attached hydrogen (secondary N) is 1. The molecule has 1 fully saturated rings. The summed E-state index contributed by atoms with van der Waals surface area (Å²) in [6, 6.07) is 16.6. The van der Waals surface area contributed by atoms with E-state index >= 15 is 0 Å². The summed E-state index contributed by atoms with van der Waals surface area (Å²) < 4.78 is 13.2. The van der Waals surface area contributed by atoms with Crippen LogP contribution in [0.3, 0.4) is 0 Å². The molecule has 0 unspecified atom stereocenters. The second-order valence-electron chi connectivity index (χ2n) is 10.2. The molecule has 3 amide bonds. The van der Waals surface area contributed by atoms with Crippen molar-refractivity contribution in [3.05, 3.63) is 81.8 Å². The summed E-state index contributed by atoms with van der Waals surface area (Å²) >= 11 is 13.2. The molecule has 3 aromatic carbocycles. The number of rotatable bonds is 10. The normalized spacial score (nSPS) is 13.1. The first kappa shape index (κ1) is 30.9. The number of ether oxygens (including phenoxy) is 2. The average Bonchev–Trinajstić information content (AvgIpc) is 3.61. The molecule has 10 nitrogen and oxygen atoms in total. The zero-order chi connectivity index (χ0) is 31.4. The van der Waals surface area contributed by atoms with Crippen molar-refractivity contribution in [3.8, 4) is 11.8 Å². The maximum atomic E-state index is 13.0. The highest BCUT2D eigenvalue weighted by molar-refractivity contribution is 6.38. The van der Waals surface area contributed by atoms with Crippen molar-refractivity contribution < 1.29 is 23.9 Å². The summed E-state index contributed by atoms with van der Waals surface area (Å²) in [4.78, 5) is 44.9. The third-order valence-corrected chi connectivity index (χ3v) is 8.18. The fourth-order valence-corrected chi connectivity index (χ4v) is 5.53. The maximum Gasteiger partial charge on any atom is 0.296 e. The van der Waals surface area contributed by atoms with Crippen molar-refractivity contribution in [2.24, 2.45) is 7.05 Å². The molecule has 2 heterocycles. The highest BCUT2D eigenvalue weighted by atomic mass is 35.5. The van der Waals surface area contributed by atoms with Crippen LogP contribution >= 0.6 is 23.2 Å². The summed E-state index contributed by atoms with van der Waals surface area (Å²) in [5, 5.41) is 3.24. The van der Waals surface area contributed by atoms with E-state index in [9.17, 15) is 14.4 Å². The molecule has 0 saturated carbocycles. The lowest BCUT2D eigenvalue weighted by atomic mass is 10.2. The van der Waals surface area contributed by atoms with Gasteiger partial charge in [-0.25, -0.2) is 0 Å². The van der Waals surface area contributed by atoms with Crippen molar-refractivity contribution in [2.45, 2.75) is 19.4 Å². The molecule has 228 valence electrons. The number of para-hydroxylation sites is 1. The van der Waals surface area contributed by atoms with E-state index in [1.807, 2.05) is 48.0 Å². The number of fused-ring (bicyclic) bond motifs is 1. The van der Waals surface area contributed by atoms with E-state index in [0.717, 1.165) is 23.2 Å². The summed E-state index contributed by atoms with van der Waals surface area (Å²) in [7, 11) is 4.96. The van der Waals surface area contributed by atoms with Crippen molar-refractivity contribution in [3.63, 3.8) is 0 Å². The van der Waals surface area contributed by atoms with Gasteiger partial charge in [0.25, 0.3) is 6.01 Å². The predicted molar refractivity (Wildman–Crippen MR) is 172 cm³/mol. The van der Waals surface area contributed by atoms with Gasteiger partial charge < -0.3 is 24.6 Å². The number of halogens is 2. The number of carbonyl (C=O) groups excluding carboxylic acids is 3. The van der Waals surface area contributed by atoms with E-state index in [1.165, 1.54) is 11.0 Å². The van der Waals surface area contributed by atoms with E-state index in [2.05, 4.69) is 10.3 Å². The lowest BCUT2D eigenvalue weighted by Gasteiger charge is -2.21. The van der Waals surface area contributed by atoms with Crippen LogP contribution in [0.5, 0.6) is 11.8 Å². The zero-order valence-electron chi connectivity index (χ0n) is 24.5. The van der Waals surface area contributed by atoms with Crippen LogP contribution in [0, 0.1) is 0 Å². The Morgan fingerprint density at radius 3 is 2.59 bits per heavy atom. The van der Waals surface area contributed by atoms with Crippen LogP contribution in [0.4, 0.5) is 11.4 Å². The summed E-state index contributed by atoms with van der Waals surface area (Å²) in [6.07, 6.45) is 4.42. The largest absolute Gasteiger partial charge is 0.486 e. The van der Waals surface area contributed by atoms with Crippen LogP contribution in [-0.4, -0.2) is 54.5 Å². The van der Waals surface area contributed by atoms with Crippen LogP contribution in [0.25, 0.3) is 17.1 Å². The quantitative estimate of drug-likeness (QED) is 0.234. The molecule has 5 rings (SSSR count). The van der Waals surface area contributed by atoms with E-state index in [-0.39, 0.29) is 30.0 Å². The Morgan fingerprint density at radius 2 is 1.89 bits per heavy atom. The highest BCUT2D eigenvalue weighted by Gasteiger charge is 2.22. The number of methoxy groups -OCH3 is 1. The van der Waals surface area contributed by atoms with Gasteiger partial charge in [-0.15, -0.1) is 0 Å². The van der Waals surface area contributed by atoms with Gasteiger partial charge in [0, 0.05) is 49.4 Å². The molecule has 0 spiro atoms. The van der Waals surface area contributed by atoms with Gasteiger partial charge in [0.15, 0.2) is 0 Å². The van der Waals surface area contributed by atoms with Gasteiger partial charge in [0.2, 0.25) is 17.7 Å². The van der Waals surface area contributed by atoms with Crippen molar-refractivity contribution in [2.75, 3.05) is 37.0 Å². The van der Waals surface area contributed by atoms with Crippen molar-refractivity contribution in [1.82, 2.24) is 14.9 Å². The van der Waals surface area contributed by atoms with E-state index in [1.54, 1.807) is 43.3 Å². The number of benzene rings is 3. The summed E-state index contributed by atoms with van der Waals surface area (Å²) in [6.45, 7) is 0.500. The number of hydrogen-bond donors (Lipinski definition) is 1. The van der Waals surface area contributed by atoms with Gasteiger partial charge >= 0.3 is 0 Å². The molecule has 0 aliphatic carbocycles. The van der Waals surface area contributed by atoms with E-state index < -0.39 is 5.91 Å². The molecule has 1 aromatic heterocycles. The van der Waals surface area contributed by atoms with Gasteiger partial charge in [0.1, 0.15) is 17.9 Å². The predicted octanol–water partition coefficient (Wildman–Crippen LogP) is 5.39. The van der Waals surface area contributed by atoms with Crippen LogP contribution in [0.2, 0.25) is 10.0 Å². The van der Waals surface area contributed by atoms with Crippen LogP contribution in [0.15, 0.2) is 60.7 Å². The van der Waals surface area contributed by atoms with Gasteiger partial charge in [-0.3, -0.25) is 19.0 Å². The topological polar surface area (TPSA) is 106 Å². The Kier molecular flexibility index (Phi) is 9.41. The minimum absolute atomic E-state index is 0.0301. The minimum atomic E-state index is -0.429. The Hall–Kier alpha value is -4.54. The molecule has 0 atom stereocenters. The summed E-state index contributed by atoms with van der Waals surface area (Å²) in [5.74, 6) is -0.168. The second kappa shape index (κ2) is 13.4. The highest BCUT2D eigenvalue weighted by Crippen LogP contribution is 2.36. The Bertz CT molecular complexity index is 1750.